The van der Waals surface area contributed by atoms with Crippen LogP contribution in [0, 0.1) is 25.2 Å². The molecule has 3 aromatic rings. The van der Waals surface area contributed by atoms with E-state index in [0.717, 1.165) is 33.7 Å². The first kappa shape index (κ1) is 27.6. The number of methoxy groups -OCH3 is 1. The molecule has 0 spiro atoms. The number of rotatable bonds is 6. The third kappa shape index (κ3) is 5.03. The molecule has 1 aliphatic carbocycles. The maximum atomic E-state index is 13.6. The van der Waals surface area contributed by atoms with Gasteiger partial charge in [0.25, 0.3) is 0 Å². The number of carbonyl (C=O) groups excluding carboxylic acids is 1. The highest BCUT2D eigenvalue weighted by Crippen LogP contribution is 2.48. The molecule has 0 saturated heterocycles. The lowest BCUT2D eigenvalue weighted by molar-refractivity contribution is -0.116. The van der Waals surface area contributed by atoms with Gasteiger partial charge in [-0.15, -0.1) is 0 Å². The van der Waals surface area contributed by atoms with E-state index >= 15 is 0 Å². The Hall–Kier alpha value is -3.92. The van der Waals surface area contributed by atoms with Gasteiger partial charge in [0.05, 0.1) is 34.7 Å². The maximum absolute atomic E-state index is 13.6. The number of nitriles is 1. The van der Waals surface area contributed by atoms with Gasteiger partial charge < -0.3 is 15.2 Å². The van der Waals surface area contributed by atoms with Crippen LogP contribution in [0.25, 0.3) is 0 Å². The van der Waals surface area contributed by atoms with Crippen LogP contribution in [0.1, 0.15) is 47.4 Å². The average molecular weight is 575 g/mol. The summed E-state index contributed by atoms with van der Waals surface area (Å²) in [5, 5.41) is 11.2. The molecule has 0 fully saturated rings. The lowest BCUT2D eigenvalue weighted by atomic mass is 9.73. The number of hydrogen-bond acceptors (Lipinski definition) is 6. The first-order valence-electron chi connectivity index (χ1n) is 13.0. The van der Waals surface area contributed by atoms with Gasteiger partial charge in [-0.2, -0.15) is 5.26 Å². The summed E-state index contributed by atoms with van der Waals surface area (Å²) >= 11 is 12.5. The van der Waals surface area contributed by atoms with Crippen LogP contribution in [0.2, 0.25) is 10.0 Å². The standard InChI is InChI=1S/C32H29Cl2N3O3/c1-18-13-20(17-40-23-10-8-22(39-3)9-11-23)19(2)24(14-18)30-25(16-35)32(36)37(21-7-12-26(33)27(34)15-21)28-5-4-6-29(38)31(28)30/h7-15,30H,4-6,17,36H2,1-3H3. The number of ether oxygens (including phenoxy) is 2. The molecule has 1 atom stereocenters. The van der Waals surface area contributed by atoms with Crippen molar-refractivity contribution in [2.75, 3.05) is 12.0 Å². The van der Waals surface area contributed by atoms with E-state index in [9.17, 15) is 10.1 Å². The van der Waals surface area contributed by atoms with Crippen molar-refractivity contribution in [3.8, 4) is 17.6 Å². The third-order valence-electron chi connectivity index (χ3n) is 7.54. The van der Waals surface area contributed by atoms with Crippen molar-refractivity contribution in [3.63, 3.8) is 0 Å². The van der Waals surface area contributed by atoms with Gasteiger partial charge in [0, 0.05) is 23.4 Å². The smallest absolute Gasteiger partial charge is 0.161 e. The molecular formula is C32H29Cl2N3O3. The number of carbonyl (C=O) groups is 1. The van der Waals surface area contributed by atoms with Crippen molar-refractivity contribution >= 4 is 34.7 Å². The number of nitrogens with zero attached hydrogens (tertiary/aromatic N) is 2. The summed E-state index contributed by atoms with van der Waals surface area (Å²) in [6.45, 7) is 4.34. The largest absolute Gasteiger partial charge is 0.497 e. The molecule has 1 aliphatic heterocycles. The zero-order valence-electron chi connectivity index (χ0n) is 22.6. The van der Waals surface area contributed by atoms with Gasteiger partial charge >= 0.3 is 0 Å². The molecule has 1 unspecified atom stereocenters. The van der Waals surface area contributed by atoms with Crippen LogP contribution in [0.15, 0.2) is 77.3 Å². The topological polar surface area (TPSA) is 88.6 Å². The molecular weight excluding hydrogens is 545 g/mol. The summed E-state index contributed by atoms with van der Waals surface area (Å²) in [4.78, 5) is 15.4. The van der Waals surface area contributed by atoms with Crippen molar-refractivity contribution in [3.05, 3.63) is 110 Å². The Kier molecular flexibility index (Phi) is 7.80. The van der Waals surface area contributed by atoms with Gasteiger partial charge in [0.1, 0.15) is 23.9 Å². The Balaban J connectivity index is 1.61. The molecule has 2 aliphatic rings. The molecule has 0 amide bonds. The fourth-order valence-electron chi connectivity index (χ4n) is 5.56. The fraction of sp³-hybridized carbons (Fsp3) is 0.250. The Labute approximate surface area is 244 Å². The number of ketones is 1. The fourth-order valence-corrected chi connectivity index (χ4v) is 5.86. The molecule has 0 saturated carbocycles. The van der Waals surface area contributed by atoms with Crippen LogP contribution >= 0.6 is 23.2 Å². The molecule has 3 aromatic carbocycles. The molecule has 8 heteroatoms. The second-order valence-electron chi connectivity index (χ2n) is 10.0. The second-order valence-corrected chi connectivity index (χ2v) is 10.8. The summed E-state index contributed by atoms with van der Waals surface area (Å²) in [5.74, 6) is 1.20. The highest BCUT2D eigenvalue weighted by molar-refractivity contribution is 6.42. The van der Waals surface area contributed by atoms with E-state index in [1.165, 1.54) is 0 Å². The van der Waals surface area contributed by atoms with Crippen LogP contribution in [-0.2, 0) is 11.4 Å². The minimum absolute atomic E-state index is 0.0218. The van der Waals surface area contributed by atoms with Crippen molar-refractivity contribution in [2.45, 2.75) is 45.6 Å². The second kappa shape index (κ2) is 11.3. The number of allylic oxidation sites excluding steroid dienone is 3. The zero-order valence-corrected chi connectivity index (χ0v) is 24.1. The van der Waals surface area contributed by atoms with E-state index in [1.54, 1.807) is 30.2 Å². The minimum Gasteiger partial charge on any atom is -0.497 e. The SMILES string of the molecule is COc1ccc(OCc2cc(C)cc(C3C(C#N)=C(N)N(c4ccc(Cl)c(Cl)c4)C4=C3C(=O)CCC4)c2C)cc1. The predicted molar refractivity (Wildman–Crippen MR) is 158 cm³/mol. The first-order valence-corrected chi connectivity index (χ1v) is 13.8. The molecule has 1 heterocycles. The number of benzene rings is 3. The highest BCUT2D eigenvalue weighted by Gasteiger charge is 2.41. The molecule has 40 heavy (non-hydrogen) atoms. The number of halogens is 2. The summed E-state index contributed by atoms with van der Waals surface area (Å²) in [7, 11) is 1.62. The Morgan fingerprint density at radius 2 is 1.75 bits per heavy atom. The molecule has 2 N–H and O–H groups in total. The predicted octanol–water partition coefficient (Wildman–Crippen LogP) is 7.50. The molecule has 5 rings (SSSR count). The lowest BCUT2D eigenvalue weighted by Gasteiger charge is -2.40. The number of aryl methyl sites for hydroxylation is 1. The molecule has 0 aromatic heterocycles. The van der Waals surface area contributed by atoms with Crippen LogP contribution < -0.4 is 20.1 Å². The van der Waals surface area contributed by atoms with Crippen LogP contribution in [-0.4, -0.2) is 12.9 Å². The lowest BCUT2D eigenvalue weighted by Crippen LogP contribution is -2.39. The van der Waals surface area contributed by atoms with E-state index in [2.05, 4.69) is 12.1 Å². The highest BCUT2D eigenvalue weighted by atomic mass is 35.5. The van der Waals surface area contributed by atoms with Gasteiger partial charge in [-0.25, -0.2) is 0 Å². The number of hydrogen-bond donors (Lipinski definition) is 1. The van der Waals surface area contributed by atoms with E-state index in [4.69, 9.17) is 38.4 Å². The van der Waals surface area contributed by atoms with Crippen molar-refractivity contribution in [1.82, 2.24) is 0 Å². The molecule has 6 nitrogen and oxygen atoms in total. The van der Waals surface area contributed by atoms with Crippen LogP contribution in [0.5, 0.6) is 11.5 Å². The Morgan fingerprint density at radius 3 is 2.42 bits per heavy atom. The summed E-state index contributed by atoms with van der Waals surface area (Å²) < 4.78 is 11.3. The maximum Gasteiger partial charge on any atom is 0.161 e. The Morgan fingerprint density at radius 1 is 1.02 bits per heavy atom. The van der Waals surface area contributed by atoms with Gasteiger partial charge in [0.2, 0.25) is 0 Å². The van der Waals surface area contributed by atoms with Crippen LogP contribution in [0.4, 0.5) is 5.69 Å². The minimum atomic E-state index is -0.577. The van der Waals surface area contributed by atoms with E-state index < -0.39 is 5.92 Å². The van der Waals surface area contributed by atoms with Crippen molar-refractivity contribution in [2.24, 2.45) is 5.73 Å². The van der Waals surface area contributed by atoms with Gasteiger partial charge in [-0.1, -0.05) is 40.9 Å². The monoisotopic (exact) mass is 573 g/mol. The quantitative estimate of drug-likeness (QED) is 0.328. The molecule has 0 bridgehead atoms. The Bertz CT molecular complexity index is 1600. The summed E-state index contributed by atoms with van der Waals surface area (Å²) in [6, 6.07) is 19.1. The van der Waals surface area contributed by atoms with Gasteiger partial charge in [-0.3, -0.25) is 9.69 Å². The van der Waals surface area contributed by atoms with Crippen molar-refractivity contribution in [1.29, 1.82) is 5.26 Å². The number of Topliss-reactive ketones (excluding diaryl/α,β-unsaturated/α-hetero) is 1. The normalized spacial score (nSPS) is 17.1. The number of nitrogens with two attached hydrogens (primary N) is 1. The summed E-state index contributed by atoms with van der Waals surface area (Å²) in [5.41, 5.74) is 13.0. The molecule has 204 valence electrons. The molecule has 0 radical (unpaired) electrons. The third-order valence-corrected chi connectivity index (χ3v) is 8.28. The number of anilines is 1. The van der Waals surface area contributed by atoms with E-state index in [-0.39, 0.29) is 11.6 Å². The zero-order chi connectivity index (χ0) is 28.6. The van der Waals surface area contributed by atoms with Gasteiger partial charge in [0.15, 0.2) is 5.78 Å². The van der Waals surface area contributed by atoms with Gasteiger partial charge in [-0.05, 0) is 85.8 Å². The van der Waals surface area contributed by atoms with Crippen molar-refractivity contribution < 1.29 is 14.3 Å². The first-order chi connectivity index (χ1) is 19.2. The summed E-state index contributed by atoms with van der Waals surface area (Å²) in [6.07, 6.45) is 1.77. The van der Waals surface area contributed by atoms with Crippen LogP contribution in [0.3, 0.4) is 0 Å². The van der Waals surface area contributed by atoms with E-state index in [1.807, 2.05) is 44.2 Å². The average Bonchev–Trinajstić information content (AvgIpc) is 2.95. The van der Waals surface area contributed by atoms with E-state index in [0.29, 0.717) is 58.5 Å².